The van der Waals surface area contributed by atoms with Gasteiger partial charge in [-0.2, -0.15) is 18.3 Å². The number of allylic oxidation sites excluding steroid dienone is 4. The van der Waals surface area contributed by atoms with Crippen LogP contribution in [-0.2, 0) is 19.4 Å². The molecule has 1 aromatic carbocycles. The van der Waals surface area contributed by atoms with Crippen LogP contribution in [0.5, 0.6) is 0 Å². The lowest BCUT2D eigenvalue weighted by Crippen LogP contribution is -2.23. The SMILES string of the molecule is C/C=C(\C)c1nn(Cc2ccccc2)c2c1CCCNCC2.C/C=C\CC(F)(F)F.CC. The van der Waals surface area contributed by atoms with Crippen molar-refractivity contribution in [2.75, 3.05) is 13.1 Å². The second kappa shape index (κ2) is 14.7. The summed E-state index contributed by atoms with van der Waals surface area (Å²) in [6.45, 7) is 12.8. The Kier molecular flexibility index (Phi) is 12.7. The standard InChI is InChI=1S/C19H25N3.C5H7F3.C2H6/c1-3-15(2)19-17-10-7-12-20-13-11-18(17)22(21-19)14-16-8-5-4-6-9-16;1-2-3-4-5(6,7)8;1-2/h3-6,8-9,20H,7,10-14H2,1-2H3;2-3H,4H2,1H3;1-2H3/b15-3+;3-2-;. The van der Waals surface area contributed by atoms with Gasteiger partial charge in [0.1, 0.15) is 0 Å². The molecule has 0 saturated heterocycles. The molecular formula is C26H38F3N3. The zero-order chi connectivity index (χ0) is 24.0. The Hall–Kier alpha value is -2.34. The Balaban J connectivity index is 0.000000436. The summed E-state index contributed by atoms with van der Waals surface area (Å²) >= 11 is 0. The number of nitrogens with zero attached hydrogens (tertiary/aromatic N) is 2. The number of hydrogen-bond acceptors (Lipinski definition) is 2. The largest absolute Gasteiger partial charge is 0.392 e. The average molecular weight is 450 g/mol. The van der Waals surface area contributed by atoms with Gasteiger partial charge in [-0.25, -0.2) is 0 Å². The second-order valence-corrected chi connectivity index (χ2v) is 7.38. The highest BCUT2D eigenvalue weighted by Crippen LogP contribution is 2.25. The van der Waals surface area contributed by atoms with Crippen molar-refractivity contribution in [1.82, 2.24) is 15.1 Å². The van der Waals surface area contributed by atoms with E-state index in [0.717, 1.165) is 38.6 Å². The quantitative estimate of drug-likeness (QED) is 0.511. The molecule has 0 aliphatic carbocycles. The lowest BCUT2D eigenvalue weighted by molar-refractivity contribution is -0.125. The Morgan fingerprint density at radius 2 is 1.78 bits per heavy atom. The minimum Gasteiger partial charge on any atom is -0.316 e. The Morgan fingerprint density at radius 1 is 1.09 bits per heavy atom. The van der Waals surface area contributed by atoms with E-state index in [1.807, 2.05) is 13.8 Å². The van der Waals surface area contributed by atoms with Gasteiger partial charge in [-0.3, -0.25) is 4.68 Å². The summed E-state index contributed by atoms with van der Waals surface area (Å²) < 4.78 is 35.8. The molecular weight excluding hydrogens is 411 g/mol. The molecule has 6 heteroatoms. The van der Waals surface area contributed by atoms with Crippen molar-refractivity contribution in [2.24, 2.45) is 0 Å². The molecule has 0 fully saturated rings. The zero-order valence-electron chi connectivity index (χ0n) is 20.1. The van der Waals surface area contributed by atoms with Crippen LogP contribution in [0.1, 0.15) is 70.0 Å². The van der Waals surface area contributed by atoms with Crippen LogP contribution < -0.4 is 5.32 Å². The lowest BCUT2D eigenvalue weighted by Gasteiger charge is -2.14. The third kappa shape index (κ3) is 9.43. The predicted octanol–water partition coefficient (Wildman–Crippen LogP) is 6.97. The molecule has 32 heavy (non-hydrogen) atoms. The molecule has 0 atom stereocenters. The van der Waals surface area contributed by atoms with Crippen molar-refractivity contribution in [3.05, 3.63) is 71.1 Å². The van der Waals surface area contributed by atoms with Crippen molar-refractivity contribution in [1.29, 1.82) is 0 Å². The maximum Gasteiger partial charge on any atom is 0.392 e. The van der Waals surface area contributed by atoms with Gasteiger partial charge < -0.3 is 5.32 Å². The maximum atomic E-state index is 11.2. The summed E-state index contributed by atoms with van der Waals surface area (Å²) in [4.78, 5) is 0. The highest BCUT2D eigenvalue weighted by Gasteiger charge is 2.24. The number of nitrogens with one attached hydrogen (secondary N) is 1. The van der Waals surface area contributed by atoms with Crippen LogP contribution in [0.15, 0.2) is 48.6 Å². The van der Waals surface area contributed by atoms with Gasteiger partial charge in [0.15, 0.2) is 0 Å². The molecule has 178 valence electrons. The van der Waals surface area contributed by atoms with E-state index in [1.165, 1.54) is 40.6 Å². The van der Waals surface area contributed by atoms with Crippen LogP contribution >= 0.6 is 0 Å². The predicted molar refractivity (Wildman–Crippen MR) is 129 cm³/mol. The summed E-state index contributed by atoms with van der Waals surface area (Å²) in [6.07, 6.45) is 3.16. The van der Waals surface area contributed by atoms with E-state index >= 15 is 0 Å². The van der Waals surface area contributed by atoms with Gasteiger partial charge >= 0.3 is 6.18 Å². The molecule has 1 aliphatic rings. The smallest absolute Gasteiger partial charge is 0.316 e. The molecule has 1 aromatic heterocycles. The lowest BCUT2D eigenvalue weighted by atomic mass is 9.99. The Morgan fingerprint density at radius 3 is 2.34 bits per heavy atom. The van der Waals surface area contributed by atoms with Gasteiger partial charge in [0, 0.05) is 24.2 Å². The number of fused-ring (bicyclic) bond motifs is 1. The van der Waals surface area contributed by atoms with E-state index in [4.69, 9.17) is 5.10 Å². The first-order valence-corrected chi connectivity index (χ1v) is 11.5. The summed E-state index contributed by atoms with van der Waals surface area (Å²) in [5.74, 6) is 0. The fourth-order valence-corrected chi connectivity index (χ4v) is 3.39. The topological polar surface area (TPSA) is 29.9 Å². The van der Waals surface area contributed by atoms with Crippen LogP contribution in [0.4, 0.5) is 13.2 Å². The summed E-state index contributed by atoms with van der Waals surface area (Å²) in [5, 5.41) is 8.48. The van der Waals surface area contributed by atoms with E-state index < -0.39 is 12.6 Å². The van der Waals surface area contributed by atoms with Gasteiger partial charge in [-0.15, -0.1) is 0 Å². The third-order valence-electron chi connectivity index (χ3n) is 5.05. The molecule has 0 unspecified atom stereocenters. The first kappa shape index (κ1) is 27.7. The monoisotopic (exact) mass is 449 g/mol. The minimum absolute atomic E-state index is 0.816. The summed E-state index contributed by atoms with van der Waals surface area (Å²) in [7, 11) is 0. The number of alkyl halides is 3. The average Bonchev–Trinajstić information content (AvgIpc) is 3.09. The normalized spacial score (nSPS) is 14.4. The van der Waals surface area contributed by atoms with Crippen molar-refractivity contribution in [3.63, 3.8) is 0 Å². The van der Waals surface area contributed by atoms with Gasteiger partial charge in [0.25, 0.3) is 0 Å². The molecule has 3 nitrogen and oxygen atoms in total. The minimum atomic E-state index is -4.04. The maximum absolute atomic E-state index is 11.2. The van der Waals surface area contributed by atoms with Crippen molar-refractivity contribution in [3.8, 4) is 0 Å². The highest BCUT2D eigenvalue weighted by molar-refractivity contribution is 5.64. The van der Waals surface area contributed by atoms with Crippen LogP contribution in [0, 0.1) is 0 Å². The van der Waals surface area contributed by atoms with Crippen molar-refractivity contribution < 1.29 is 13.2 Å². The summed E-state index contributed by atoms with van der Waals surface area (Å²) in [5.41, 5.74) is 6.68. The molecule has 1 aliphatic heterocycles. The van der Waals surface area contributed by atoms with E-state index in [0.29, 0.717) is 0 Å². The zero-order valence-corrected chi connectivity index (χ0v) is 20.1. The second-order valence-electron chi connectivity index (χ2n) is 7.38. The van der Waals surface area contributed by atoms with Gasteiger partial charge in [-0.1, -0.05) is 62.4 Å². The molecule has 2 aromatic rings. The first-order valence-electron chi connectivity index (χ1n) is 11.5. The molecule has 0 amide bonds. The Bertz CT molecular complexity index is 834. The third-order valence-corrected chi connectivity index (χ3v) is 5.05. The molecule has 0 bridgehead atoms. The van der Waals surface area contributed by atoms with E-state index in [9.17, 15) is 13.2 Å². The number of halogens is 3. The van der Waals surface area contributed by atoms with Crippen LogP contribution in [-0.4, -0.2) is 29.0 Å². The molecule has 0 radical (unpaired) electrons. The number of rotatable bonds is 4. The number of benzene rings is 1. The molecule has 1 N–H and O–H groups in total. The fourth-order valence-electron chi connectivity index (χ4n) is 3.39. The van der Waals surface area contributed by atoms with Crippen LogP contribution in [0.3, 0.4) is 0 Å². The van der Waals surface area contributed by atoms with E-state index in [-0.39, 0.29) is 0 Å². The van der Waals surface area contributed by atoms with Gasteiger partial charge in [0.05, 0.1) is 18.7 Å². The van der Waals surface area contributed by atoms with Crippen LogP contribution in [0.25, 0.3) is 5.57 Å². The number of hydrogen-bond donors (Lipinski definition) is 1. The number of aromatic nitrogens is 2. The van der Waals surface area contributed by atoms with Gasteiger partial charge in [-0.05, 0) is 51.3 Å². The first-order chi connectivity index (χ1) is 15.4. The molecule has 0 spiro atoms. The van der Waals surface area contributed by atoms with Crippen molar-refractivity contribution >= 4 is 5.57 Å². The highest BCUT2D eigenvalue weighted by atomic mass is 19.4. The molecule has 3 rings (SSSR count). The molecule has 2 heterocycles. The fraction of sp³-hybridized carbons (Fsp3) is 0.500. The van der Waals surface area contributed by atoms with Gasteiger partial charge in [0.2, 0.25) is 0 Å². The molecule has 0 saturated carbocycles. The van der Waals surface area contributed by atoms with E-state index in [2.05, 4.69) is 60.3 Å². The summed E-state index contributed by atoms with van der Waals surface area (Å²) in [6, 6.07) is 10.6. The van der Waals surface area contributed by atoms with Crippen molar-refractivity contribution in [2.45, 2.75) is 73.0 Å². The van der Waals surface area contributed by atoms with Crippen LogP contribution in [0.2, 0.25) is 0 Å². The van der Waals surface area contributed by atoms with E-state index in [1.54, 1.807) is 6.92 Å². The Labute approximate surface area is 191 Å².